The molecule has 10 heavy (non-hydrogen) atoms. The second-order valence-electron chi connectivity index (χ2n) is 2.91. The Hall–Kier alpha value is -0.120. The molecule has 0 aliphatic carbocycles. The van der Waals surface area contributed by atoms with E-state index in [2.05, 4.69) is 11.8 Å². The van der Waals surface area contributed by atoms with E-state index in [-0.39, 0.29) is 12.1 Å². The molecule has 3 heteroatoms. The highest BCUT2D eigenvalue weighted by Gasteiger charge is 2.22. The van der Waals surface area contributed by atoms with Crippen LogP contribution in [0.3, 0.4) is 0 Å². The molecule has 0 aromatic carbocycles. The van der Waals surface area contributed by atoms with E-state index in [0.29, 0.717) is 0 Å². The van der Waals surface area contributed by atoms with Gasteiger partial charge in [0.25, 0.3) is 0 Å². The van der Waals surface area contributed by atoms with E-state index in [1.165, 1.54) is 0 Å². The molecule has 0 bridgehead atoms. The Morgan fingerprint density at radius 3 is 2.90 bits per heavy atom. The summed E-state index contributed by atoms with van der Waals surface area (Å²) in [6.07, 6.45) is 0.553. The highest BCUT2D eigenvalue weighted by molar-refractivity contribution is 4.81. The van der Waals surface area contributed by atoms with E-state index in [1.807, 2.05) is 0 Å². The Kier molecular flexibility index (Phi) is 2.65. The molecule has 0 saturated carbocycles. The molecule has 3 nitrogen and oxygen atoms in total. The largest absolute Gasteiger partial charge is 0.391 e. The lowest BCUT2D eigenvalue weighted by Crippen LogP contribution is -2.51. The van der Waals surface area contributed by atoms with Gasteiger partial charge < -0.3 is 15.7 Å². The zero-order valence-corrected chi connectivity index (χ0v) is 6.45. The van der Waals surface area contributed by atoms with E-state index in [1.54, 1.807) is 0 Å². The molecule has 0 radical (unpaired) electrons. The molecular weight excluding hydrogens is 128 g/mol. The Morgan fingerprint density at radius 2 is 2.40 bits per heavy atom. The van der Waals surface area contributed by atoms with Gasteiger partial charge in [-0.15, -0.1) is 0 Å². The molecule has 0 unspecified atom stereocenters. The third-order valence-electron chi connectivity index (χ3n) is 2.15. The van der Waals surface area contributed by atoms with Gasteiger partial charge in [0.2, 0.25) is 0 Å². The highest BCUT2D eigenvalue weighted by atomic mass is 16.3. The molecule has 2 atom stereocenters. The third kappa shape index (κ3) is 1.68. The van der Waals surface area contributed by atoms with Gasteiger partial charge >= 0.3 is 0 Å². The van der Waals surface area contributed by atoms with Crippen LogP contribution >= 0.6 is 0 Å². The standard InChI is InChI=1S/C7H16N2O/c1-2-9-4-3-7(10)6(8)5-9/h6-7,10H,2-5,8H2,1H3/t6-,7+/m0/s1. The summed E-state index contributed by atoms with van der Waals surface area (Å²) in [5, 5.41) is 9.24. The number of likely N-dealkylation sites (tertiary alicyclic amines) is 1. The van der Waals surface area contributed by atoms with Crippen LogP contribution in [-0.2, 0) is 0 Å². The van der Waals surface area contributed by atoms with E-state index in [4.69, 9.17) is 5.73 Å². The molecule has 1 saturated heterocycles. The summed E-state index contributed by atoms with van der Waals surface area (Å²) in [7, 11) is 0. The van der Waals surface area contributed by atoms with Crippen LogP contribution in [0.25, 0.3) is 0 Å². The number of nitrogens with two attached hydrogens (primary N) is 1. The van der Waals surface area contributed by atoms with Gasteiger partial charge in [0.15, 0.2) is 0 Å². The summed E-state index contributed by atoms with van der Waals surface area (Å²) in [5.74, 6) is 0. The summed E-state index contributed by atoms with van der Waals surface area (Å²) in [5.41, 5.74) is 5.65. The fourth-order valence-electron chi connectivity index (χ4n) is 1.33. The van der Waals surface area contributed by atoms with Crippen molar-refractivity contribution in [1.82, 2.24) is 4.90 Å². The SMILES string of the molecule is CCN1CC[C@@H](O)[C@@H](N)C1. The van der Waals surface area contributed by atoms with Crippen LogP contribution in [0, 0.1) is 0 Å². The van der Waals surface area contributed by atoms with Crippen molar-refractivity contribution in [3.8, 4) is 0 Å². The Bertz CT molecular complexity index is 108. The minimum Gasteiger partial charge on any atom is -0.391 e. The number of aliphatic hydroxyl groups is 1. The topological polar surface area (TPSA) is 49.5 Å². The molecule has 1 heterocycles. The normalized spacial score (nSPS) is 36.3. The Labute approximate surface area is 61.8 Å². The second-order valence-corrected chi connectivity index (χ2v) is 2.91. The fourth-order valence-corrected chi connectivity index (χ4v) is 1.33. The Balaban J connectivity index is 2.33. The number of aliphatic hydroxyl groups excluding tert-OH is 1. The van der Waals surface area contributed by atoms with Gasteiger partial charge in [-0.05, 0) is 13.0 Å². The van der Waals surface area contributed by atoms with Crippen LogP contribution in [0.1, 0.15) is 13.3 Å². The first-order chi connectivity index (χ1) is 4.74. The number of nitrogens with zero attached hydrogens (tertiary/aromatic N) is 1. The van der Waals surface area contributed by atoms with Crippen LogP contribution < -0.4 is 5.73 Å². The molecule has 0 spiro atoms. The van der Waals surface area contributed by atoms with Gasteiger partial charge in [0.05, 0.1) is 6.10 Å². The molecule has 0 amide bonds. The van der Waals surface area contributed by atoms with E-state index in [9.17, 15) is 5.11 Å². The third-order valence-corrected chi connectivity index (χ3v) is 2.15. The molecule has 1 fully saturated rings. The average molecular weight is 144 g/mol. The molecule has 60 valence electrons. The van der Waals surface area contributed by atoms with Crippen molar-refractivity contribution in [3.63, 3.8) is 0 Å². The quantitative estimate of drug-likeness (QED) is 0.516. The first-order valence-electron chi connectivity index (χ1n) is 3.90. The zero-order chi connectivity index (χ0) is 7.56. The minimum atomic E-state index is -0.275. The van der Waals surface area contributed by atoms with Gasteiger partial charge in [-0.3, -0.25) is 0 Å². The maximum Gasteiger partial charge on any atom is 0.0715 e. The number of hydrogen-bond donors (Lipinski definition) is 2. The molecule has 1 aliphatic rings. The first-order valence-corrected chi connectivity index (χ1v) is 3.90. The predicted molar refractivity (Wildman–Crippen MR) is 40.7 cm³/mol. The van der Waals surface area contributed by atoms with Gasteiger partial charge in [-0.1, -0.05) is 6.92 Å². The van der Waals surface area contributed by atoms with Crippen LogP contribution in [0.4, 0.5) is 0 Å². The van der Waals surface area contributed by atoms with Gasteiger partial charge in [-0.2, -0.15) is 0 Å². The number of piperidine rings is 1. The molecule has 0 aromatic heterocycles. The van der Waals surface area contributed by atoms with Crippen molar-refractivity contribution in [2.45, 2.75) is 25.5 Å². The monoisotopic (exact) mass is 144 g/mol. The van der Waals surface area contributed by atoms with Crippen molar-refractivity contribution in [2.24, 2.45) is 5.73 Å². The van der Waals surface area contributed by atoms with Gasteiger partial charge in [-0.25, -0.2) is 0 Å². The van der Waals surface area contributed by atoms with Crippen LogP contribution in [0.5, 0.6) is 0 Å². The van der Waals surface area contributed by atoms with E-state index in [0.717, 1.165) is 26.1 Å². The Morgan fingerprint density at radius 1 is 1.70 bits per heavy atom. The van der Waals surface area contributed by atoms with Crippen LogP contribution in [0.15, 0.2) is 0 Å². The van der Waals surface area contributed by atoms with Crippen molar-refractivity contribution in [1.29, 1.82) is 0 Å². The number of hydrogen-bond acceptors (Lipinski definition) is 3. The first kappa shape index (κ1) is 7.98. The zero-order valence-electron chi connectivity index (χ0n) is 6.45. The van der Waals surface area contributed by atoms with Crippen molar-refractivity contribution >= 4 is 0 Å². The lowest BCUT2D eigenvalue weighted by atomic mass is 10.0. The van der Waals surface area contributed by atoms with E-state index >= 15 is 0 Å². The van der Waals surface area contributed by atoms with Crippen molar-refractivity contribution < 1.29 is 5.11 Å². The summed E-state index contributed by atoms with van der Waals surface area (Å²) < 4.78 is 0. The molecular formula is C7H16N2O. The molecule has 0 aromatic rings. The molecule has 1 aliphatic heterocycles. The predicted octanol–water partition coefficient (Wildman–Crippen LogP) is -0.600. The van der Waals surface area contributed by atoms with Gasteiger partial charge in [0, 0.05) is 19.1 Å². The van der Waals surface area contributed by atoms with Crippen LogP contribution in [-0.4, -0.2) is 41.8 Å². The van der Waals surface area contributed by atoms with Crippen molar-refractivity contribution in [2.75, 3.05) is 19.6 Å². The van der Waals surface area contributed by atoms with E-state index < -0.39 is 0 Å². The average Bonchev–Trinajstić information content (AvgIpc) is 1.95. The molecule has 3 N–H and O–H groups in total. The maximum atomic E-state index is 9.24. The molecule has 1 rings (SSSR count). The van der Waals surface area contributed by atoms with Crippen molar-refractivity contribution in [3.05, 3.63) is 0 Å². The smallest absolute Gasteiger partial charge is 0.0715 e. The van der Waals surface area contributed by atoms with Crippen LogP contribution in [0.2, 0.25) is 0 Å². The summed E-state index contributed by atoms with van der Waals surface area (Å²) in [6.45, 7) is 4.99. The highest BCUT2D eigenvalue weighted by Crippen LogP contribution is 2.07. The number of likely N-dealkylation sites (N-methyl/N-ethyl adjacent to an activating group) is 1. The summed E-state index contributed by atoms with van der Waals surface area (Å²) >= 11 is 0. The summed E-state index contributed by atoms with van der Waals surface area (Å²) in [6, 6.07) is -0.0336. The maximum absolute atomic E-state index is 9.24. The summed E-state index contributed by atoms with van der Waals surface area (Å²) in [4.78, 5) is 2.26. The lowest BCUT2D eigenvalue weighted by molar-refractivity contribution is 0.0650. The van der Waals surface area contributed by atoms with Gasteiger partial charge in [0.1, 0.15) is 0 Å². The minimum absolute atomic E-state index is 0.0336. The number of rotatable bonds is 1. The fraction of sp³-hybridized carbons (Fsp3) is 1.00. The lowest BCUT2D eigenvalue weighted by Gasteiger charge is -2.33. The second kappa shape index (κ2) is 3.32.